The van der Waals surface area contributed by atoms with E-state index in [1.54, 1.807) is 0 Å². The maximum Gasteiger partial charge on any atom is 0.374 e. The highest BCUT2D eigenvalue weighted by Gasteiger charge is 2.29. The van der Waals surface area contributed by atoms with Crippen molar-refractivity contribution in [1.82, 2.24) is 0 Å². The largest absolute Gasteiger partial charge is 0.475 e. The number of carboxylic acids is 1. The van der Waals surface area contributed by atoms with Crippen LogP contribution in [0.5, 0.6) is 0 Å². The van der Waals surface area contributed by atoms with Crippen LogP contribution in [0.1, 0.15) is 13.8 Å². The fourth-order valence-electron chi connectivity index (χ4n) is 0.254. The molecular weight excluding hydrogens is 144 g/mol. The minimum absolute atomic E-state index is 0.982. The first-order valence-electron chi connectivity index (χ1n) is 2.32. The van der Waals surface area contributed by atoms with Gasteiger partial charge in [0.1, 0.15) is 4.87 Å². The lowest BCUT2D eigenvalue weighted by atomic mass is 10.1. The number of alkyl halides is 1. The molecule has 0 saturated carbocycles. The molecule has 0 heterocycles. The zero-order valence-corrected chi connectivity index (χ0v) is 5.90. The van der Waals surface area contributed by atoms with E-state index in [1.807, 2.05) is 0 Å². The summed E-state index contributed by atoms with van der Waals surface area (Å²) in [7, 11) is 0. The van der Waals surface area contributed by atoms with Crippen LogP contribution in [0.2, 0.25) is 0 Å². The Morgan fingerprint density at radius 3 is 1.78 bits per heavy atom. The van der Waals surface area contributed by atoms with Crippen LogP contribution in [0.3, 0.4) is 0 Å². The highest BCUT2D eigenvalue weighted by molar-refractivity contribution is 6.49. The monoisotopic (exact) mass is 150 g/mol. The SMILES string of the molecule is CC(C)(Cl)C(=O)C(=O)O. The molecule has 0 aliphatic heterocycles. The molecule has 9 heavy (non-hydrogen) atoms. The number of rotatable bonds is 2. The van der Waals surface area contributed by atoms with E-state index in [4.69, 9.17) is 16.7 Å². The van der Waals surface area contributed by atoms with Crippen LogP contribution in [0.4, 0.5) is 0 Å². The molecule has 4 heteroatoms. The molecule has 0 radical (unpaired) electrons. The molecule has 0 aromatic carbocycles. The summed E-state index contributed by atoms with van der Waals surface area (Å²) in [5.41, 5.74) is 0. The van der Waals surface area contributed by atoms with Crippen molar-refractivity contribution >= 4 is 23.4 Å². The molecule has 0 spiro atoms. The van der Waals surface area contributed by atoms with Gasteiger partial charge in [-0.15, -0.1) is 11.6 Å². The van der Waals surface area contributed by atoms with Gasteiger partial charge in [0.2, 0.25) is 0 Å². The smallest absolute Gasteiger partial charge is 0.374 e. The lowest BCUT2D eigenvalue weighted by Gasteiger charge is -2.08. The summed E-state index contributed by atoms with van der Waals surface area (Å²) in [4.78, 5) is 19.1. The van der Waals surface area contributed by atoms with Gasteiger partial charge < -0.3 is 5.11 Å². The van der Waals surface area contributed by atoms with Gasteiger partial charge in [-0.1, -0.05) is 0 Å². The van der Waals surface area contributed by atoms with E-state index in [1.165, 1.54) is 13.8 Å². The molecule has 0 aromatic rings. The zero-order chi connectivity index (χ0) is 7.65. The minimum Gasteiger partial charge on any atom is -0.475 e. The molecule has 0 aromatic heterocycles. The third kappa shape index (κ3) is 2.46. The summed E-state index contributed by atoms with van der Waals surface area (Å²) in [5, 5.41) is 8.08. The van der Waals surface area contributed by atoms with Gasteiger partial charge in [-0.3, -0.25) is 4.79 Å². The number of halogens is 1. The molecule has 0 atom stereocenters. The first-order valence-corrected chi connectivity index (χ1v) is 2.70. The van der Waals surface area contributed by atoms with Gasteiger partial charge >= 0.3 is 5.97 Å². The molecule has 0 bridgehead atoms. The van der Waals surface area contributed by atoms with Crippen LogP contribution in [0.25, 0.3) is 0 Å². The third-order valence-electron chi connectivity index (χ3n) is 0.734. The Labute approximate surface area is 57.6 Å². The third-order valence-corrected chi connectivity index (χ3v) is 0.906. The fourth-order valence-corrected chi connectivity index (χ4v) is 0.335. The minimum atomic E-state index is -1.49. The average Bonchev–Trinajstić information content (AvgIpc) is 1.62. The molecule has 0 unspecified atom stereocenters. The Balaban J connectivity index is 4.23. The molecule has 52 valence electrons. The molecule has 0 aliphatic carbocycles. The van der Waals surface area contributed by atoms with Crippen LogP contribution >= 0.6 is 11.6 Å². The quantitative estimate of drug-likeness (QED) is 0.465. The molecular formula is C5H7ClO3. The molecule has 3 nitrogen and oxygen atoms in total. The predicted molar refractivity (Wildman–Crippen MR) is 32.6 cm³/mol. The summed E-state index contributed by atoms with van der Waals surface area (Å²) < 4.78 is 0. The van der Waals surface area contributed by atoms with E-state index in [0.717, 1.165) is 0 Å². The fraction of sp³-hybridized carbons (Fsp3) is 0.600. The zero-order valence-electron chi connectivity index (χ0n) is 5.14. The van der Waals surface area contributed by atoms with Gasteiger partial charge in [0.25, 0.3) is 5.78 Å². The molecule has 0 aliphatic rings. The predicted octanol–water partition coefficient (Wildman–Crippen LogP) is 0.657. The van der Waals surface area contributed by atoms with Gasteiger partial charge in [-0.2, -0.15) is 0 Å². The van der Waals surface area contributed by atoms with E-state index in [0.29, 0.717) is 0 Å². The van der Waals surface area contributed by atoms with Crippen molar-refractivity contribution in [1.29, 1.82) is 0 Å². The Morgan fingerprint density at radius 1 is 1.44 bits per heavy atom. The molecule has 0 rings (SSSR count). The number of Topliss-reactive ketones (excluding diaryl/α,β-unsaturated/α-hetero) is 1. The van der Waals surface area contributed by atoms with Crippen molar-refractivity contribution in [3.63, 3.8) is 0 Å². The number of ketones is 1. The number of hydrogen-bond donors (Lipinski definition) is 1. The number of carbonyl (C=O) groups is 2. The molecule has 1 N–H and O–H groups in total. The van der Waals surface area contributed by atoms with Crippen LogP contribution in [0, 0.1) is 0 Å². The highest BCUT2D eigenvalue weighted by atomic mass is 35.5. The number of carbonyl (C=O) groups excluding carboxylic acids is 1. The number of aliphatic carboxylic acids is 1. The maximum atomic E-state index is 10.4. The van der Waals surface area contributed by atoms with Gasteiger partial charge in [-0.25, -0.2) is 4.79 Å². The Bertz CT molecular complexity index is 145. The van der Waals surface area contributed by atoms with Crippen LogP contribution in [0.15, 0.2) is 0 Å². The standard InChI is InChI=1S/C5H7ClO3/c1-5(2,6)3(7)4(8)9/h1-2H3,(H,8,9). The van der Waals surface area contributed by atoms with Gasteiger partial charge in [-0.05, 0) is 13.8 Å². The second-order valence-electron chi connectivity index (χ2n) is 2.11. The lowest BCUT2D eigenvalue weighted by molar-refractivity contribution is -0.149. The summed E-state index contributed by atoms with van der Waals surface area (Å²) in [6, 6.07) is 0. The van der Waals surface area contributed by atoms with Crippen LogP contribution in [-0.2, 0) is 9.59 Å². The van der Waals surface area contributed by atoms with Crippen molar-refractivity contribution in [2.24, 2.45) is 0 Å². The van der Waals surface area contributed by atoms with Gasteiger partial charge in [0.15, 0.2) is 0 Å². The van der Waals surface area contributed by atoms with Crippen LogP contribution < -0.4 is 0 Å². The summed E-state index contributed by atoms with van der Waals surface area (Å²) >= 11 is 5.35. The van der Waals surface area contributed by atoms with Gasteiger partial charge in [0, 0.05) is 0 Å². The summed E-state index contributed by atoms with van der Waals surface area (Å²) in [6.45, 7) is 2.68. The Kier molecular flexibility index (Phi) is 2.20. The van der Waals surface area contributed by atoms with Crippen molar-refractivity contribution < 1.29 is 14.7 Å². The second-order valence-corrected chi connectivity index (χ2v) is 3.05. The molecule has 0 saturated heterocycles. The number of carboxylic acid groups (broad SMARTS) is 1. The van der Waals surface area contributed by atoms with Crippen molar-refractivity contribution in [3.8, 4) is 0 Å². The first kappa shape index (κ1) is 8.43. The van der Waals surface area contributed by atoms with E-state index in [-0.39, 0.29) is 0 Å². The lowest BCUT2D eigenvalue weighted by Crippen LogP contribution is -2.31. The van der Waals surface area contributed by atoms with Crippen molar-refractivity contribution in [2.45, 2.75) is 18.7 Å². The maximum absolute atomic E-state index is 10.4. The highest BCUT2D eigenvalue weighted by Crippen LogP contribution is 2.13. The van der Waals surface area contributed by atoms with Gasteiger partial charge in [0.05, 0.1) is 0 Å². The van der Waals surface area contributed by atoms with E-state index in [9.17, 15) is 9.59 Å². The van der Waals surface area contributed by atoms with E-state index >= 15 is 0 Å². The summed E-state index contributed by atoms with van der Waals surface area (Å²) in [6.07, 6.45) is 0. The average molecular weight is 151 g/mol. The normalized spacial score (nSPS) is 11.0. The molecule has 0 amide bonds. The van der Waals surface area contributed by atoms with Crippen LogP contribution in [-0.4, -0.2) is 21.7 Å². The molecule has 0 fully saturated rings. The summed E-state index contributed by atoms with van der Waals surface area (Å²) in [5.74, 6) is -2.47. The first-order chi connectivity index (χ1) is 3.85. The number of hydrogen-bond acceptors (Lipinski definition) is 2. The Hall–Kier alpha value is -0.570. The van der Waals surface area contributed by atoms with Crippen molar-refractivity contribution in [3.05, 3.63) is 0 Å². The van der Waals surface area contributed by atoms with Crippen molar-refractivity contribution in [2.75, 3.05) is 0 Å². The second kappa shape index (κ2) is 2.35. The topological polar surface area (TPSA) is 54.4 Å². The van der Waals surface area contributed by atoms with E-state index in [2.05, 4.69) is 0 Å². The van der Waals surface area contributed by atoms with E-state index < -0.39 is 16.6 Å². The Morgan fingerprint density at radius 2 is 1.78 bits per heavy atom.